The van der Waals surface area contributed by atoms with Crippen LogP contribution in [0.15, 0.2) is 60.9 Å². The molecule has 0 bridgehead atoms. The number of nitrogens with zero attached hydrogens (tertiary/aromatic N) is 2. The number of nitrogens with one attached hydrogen (secondary N) is 2. The molecule has 0 spiro atoms. The van der Waals surface area contributed by atoms with Crippen molar-refractivity contribution in [2.45, 2.75) is 13.3 Å². The van der Waals surface area contributed by atoms with Crippen LogP contribution in [0.4, 0.5) is 5.82 Å². The number of aromatic nitrogens is 3. The first-order chi connectivity index (χ1) is 12.6. The Bertz CT molecular complexity index is 1100. The Morgan fingerprint density at radius 3 is 2.96 bits per heavy atom. The van der Waals surface area contributed by atoms with E-state index in [-0.39, 0.29) is 12.3 Å². The highest BCUT2D eigenvalue weighted by Gasteiger charge is 2.12. The van der Waals surface area contributed by atoms with E-state index in [4.69, 9.17) is 11.6 Å². The van der Waals surface area contributed by atoms with Crippen molar-refractivity contribution in [1.29, 1.82) is 0 Å². The van der Waals surface area contributed by atoms with Crippen molar-refractivity contribution in [2.24, 2.45) is 0 Å². The third-order valence-corrected chi connectivity index (χ3v) is 4.47. The summed E-state index contributed by atoms with van der Waals surface area (Å²) < 4.78 is 1.66. The molecule has 0 saturated carbocycles. The summed E-state index contributed by atoms with van der Waals surface area (Å²) in [6.45, 7) is 2.05. The van der Waals surface area contributed by atoms with Crippen LogP contribution in [-0.2, 0) is 11.2 Å². The number of rotatable bonds is 4. The number of halogens is 1. The molecule has 0 saturated heterocycles. The van der Waals surface area contributed by atoms with Gasteiger partial charge >= 0.3 is 0 Å². The Balaban J connectivity index is 1.55. The molecule has 2 aromatic heterocycles. The van der Waals surface area contributed by atoms with Gasteiger partial charge < -0.3 is 10.3 Å². The topological polar surface area (TPSA) is 62.7 Å². The molecule has 130 valence electrons. The van der Waals surface area contributed by atoms with Crippen LogP contribution >= 0.6 is 11.6 Å². The number of amides is 1. The van der Waals surface area contributed by atoms with Crippen LogP contribution in [0.3, 0.4) is 0 Å². The molecule has 0 unspecified atom stereocenters. The number of carbonyl (C=O) groups is 1. The van der Waals surface area contributed by atoms with Crippen molar-refractivity contribution < 1.29 is 4.79 Å². The fraction of sp³-hybridized carbons (Fsp3) is 0.100. The Hall–Kier alpha value is -3.05. The Morgan fingerprint density at radius 1 is 1.23 bits per heavy atom. The summed E-state index contributed by atoms with van der Waals surface area (Å²) in [4.78, 5) is 15.8. The second-order valence-corrected chi connectivity index (χ2v) is 6.63. The van der Waals surface area contributed by atoms with Crippen LogP contribution in [0.1, 0.15) is 11.1 Å². The van der Waals surface area contributed by atoms with E-state index in [0.717, 1.165) is 22.2 Å². The van der Waals surface area contributed by atoms with E-state index in [2.05, 4.69) is 21.5 Å². The van der Waals surface area contributed by atoms with Gasteiger partial charge in [0.05, 0.1) is 18.3 Å². The highest BCUT2D eigenvalue weighted by atomic mass is 35.5. The van der Waals surface area contributed by atoms with Gasteiger partial charge in [0.25, 0.3) is 0 Å². The van der Waals surface area contributed by atoms with Crippen molar-refractivity contribution in [3.05, 3.63) is 77.1 Å². The molecule has 0 aliphatic heterocycles. The standard InChI is InChI=1S/C20H17ClN4O/c1-13-5-6-17-14(12-22-18(17)9-13)10-20(26)24-19-7-8-23-25(19)16-4-2-3-15(21)11-16/h2-9,11-12,22H,10H2,1H3,(H,24,26). The number of anilines is 1. The van der Waals surface area contributed by atoms with Crippen molar-refractivity contribution in [3.8, 4) is 5.69 Å². The Labute approximate surface area is 155 Å². The maximum atomic E-state index is 12.5. The lowest BCUT2D eigenvalue weighted by molar-refractivity contribution is -0.115. The molecule has 2 heterocycles. The highest BCUT2D eigenvalue weighted by Crippen LogP contribution is 2.21. The van der Waals surface area contributed by atoms with Gasteiger partial charge in [-0.1, -0.05) is 29.8 Å². The van der Waals surface area contributed by atoms with E-state index in [1.165, 1.54) is 5.56 Å². The number of aromatic amines is 1. The van der Waals surface area contributed by atoms with E-state index in [1.54, 1.807) is 29.1 Å². The quantitative estimate of drug-likeness (QED) is 0.560. The molecular formula is C20H17ClN4O. The lowest BCUT2D eigenvalue weighted by Crippen LogP contribution is -2.17. The summed E-state index contributed by atoms with van der Waals surface area (Å²) in [5.41, 5.74) is 3.98. The molecule has 0 radical (unpaired) electrons. The first-order valence-electron chi connectivity index (χ1n) is 8.26. The SMILES string of the molecule is Cc1ccc2c(CC(=O)Nc3ccnn3-c3cccc(Cl)c3)c[nH]c2c1. The molecule has 2 N–H and O–H groups in total. The highest BCUT2D eigenvalue weighted by molar-refractivity contribution is 6.30. The fourth-order valence-corrected chi connectivity index (χ4v) is 3.20. The predicted molar refractivity (Wildman–Crippen MR) is 104 cm³/mol. The minimum atomic E-state index is -0.102. The zero-order chi connectivity index (χ0) is 18.1. The van der Waals surface area contributed by atoms with E-state index in [9.17, 15) is 4.79 Å². The summed E-state index contributed by atoms with van der Waals surface area (Å²) in [6.07, 6.45) is 3.81. The zero-order valence-corrected chi connectivity index (χ0v) is 14.9. The van der Waals surface area contributed by atoms with Crippen LogP contribution in [0.5, 0.6) is 0 Å². The van der Waals surface area contributed by atoms with Gasteiger partial charge in [-0.15, -0.1) is 0 Å². The summed E-state index contributed by atoms with van der Waals surface area (Å²) in [7, 11) is 0. The normalized spacial score (nSPS) is 11.0. The van der Waals surface area contributed by atoms with Crippen LogP contribution < -0.4 is 5.32 Å². The summed E-state index contributed by atoms with van der Waals surface area (Å²) in [6, 6.07) is 15.3. The lowest BCUT2D eigenvalue weighted by atomic mass is 10.1. The molecule has 2 aromatic carbocycles. The van der Waals surface area contributed by atoms with Gasteiger partial charge in [0, 0.05) is 28.2 Å². The molecule has 6 heteroatoms. The maximum absolute atomic E-state index is 12.5. The van der Waals surface area contributed by atoms with Crippen LogP contribution in [0, 0.1) is 6.92 Å². The van der Waals surface area contributed by atoms with Crippen LogP contribution in [0.2, 0.25) is 5.02 Å². The fourth-order valence-electron chi connectivity index (χ4n) is 3.02. The van der Waals surface area contributed by atoms with Crippen molar-refractivity contribution in [2.75, 3.05) is 5.32 Å². The van der Waals surface area contributed by atoms with E-state index in [1.807, 2.05) is 37.4 Å². The third kappa shape index (κ3) is 3.21. The minimum absolute atomic E-state index is 0.102. The number of hydrogen-bond donors (Lipinski definition) is 2. The van der Waals surface area contributed by atoms with Gasteiger partial charge in [0.15, 0.2) is 0 Å². The first-order valence-corrected chi connectivity index (χ1v) is 8.64. The number of benzene rings is 2. The number of fused-ring (bicyclic) bond motifs is 1. The maximum Gasteiger partial charge on any atom is 0.230 e. The van der Waals surface area contributed by atoms with Gasteiger partial charge in [-0.3, -0.25) is 4.79 Å². The van der Waals surface area contributed by atoms with Crippen LogP contribution in [0.25, 0.3) is 16.6 Å². The number of hydrogen-bond acceptors (Lipinski definition) is 2. The molecule has 26 heavy (non-hydrogen) atoms. The van der Waals surface area contributed by atoms with E-state index >= 15 is 0 Å². The third-order valence-electron chi connectivity index (χ3n) is 4.24. The average molecular weight is 365 g/mol. The number of carbonyl (C=O) groups excluding carboxylic acids is 1. The molecule has 0 aliphatic rings. The van der Waals surface area contributed by atoms with Gasteiger partial charge in [0.2, 0.25) is 5.91 Å². The number of aryl methyl sites for hydroxylation is 1. The van der Waals surface area contributed by atoms with Crippen LogP contribution in [-0.4, -0.2) is 20.7 Å². The Morgan fingerprint density at radius 2 is 2.12 bits per heavy atom. The minimum Gasteiger partial charge on any atom is -0.361 e. The second kappa shape index (κ2) is 6.69. The van der Waals surface area contributed by atoms with E-state index in [0.29, 0.717) is 10.8 Å². The molecule has 0 fully saturated rings. The summed E-state index contributed by atoms with van der Waals surface area (Å²) in [5.74, 6) is 0.503. The zero-order valence-electron chi connectivity index (χ0n) is 14.2. The molecule has 1 amide bonds. The summed E-state index contributed by atoms with van der Waals surface area (Å²) >= 11 is 6.05. The average Bonchev–Trinajstić information content (AvgIpc) is 3.22. The molecular weight excluding hydrogens is 348 g/mol. The lowest BCUT2D eigenvalue weighted by Gasteiger charge is -2.09. The van der Waals surface area contributed by atoms with Gasteiger partial charge in [-0.2, -0.15) is 5.10 Å². The monoisotopic (exact) mass is 364 g/mol. The van der Waals surface area contributed by atoms with Gasteiger partial charge in [-0.05, 0) is 42.3 Å². The van der Waals surface area contributed by atoms with Crippen molar-refractivity contribution >= 4 is 34.2 Å². The molecule has 5 nitrogen and oxygen atoms in total. The van der Waals surface area contributed by atoms with Crippen molar-refractivity contribution in [1.82, 2.24) is 14.8 Å². The summed E-state index contributed by atoms with van der Waals surface area (Å²) in [5, 5.41) is 8.88. The molecule has 0 atom stereocenters. The molecule has 0 aliphatic carbocycles. The van der Waals surface area contributed by atoms with Gasteiger partial charge in [0.1, 0.15) is 5.82 Å². The van der Waals surface area contributed by atoms with E-state index < -0.39 is 0 Å². The number of H-pyrrole nitrogens is 1. The van der Waals surface area contributed by atoms with Crippen molar-refractivity contribution in [3.63, 3.8) is 0 Å². The molecule has 4 rings (SSSR count). The predicted octanol–water partition coefficient (Wildman–Crippen LogP) is 4.50. The second-order valence-electron chi connectivity index (χ2n) is 6.20. The first kappa shape index (κ1) is 16.4. The smallest absolute Gasteiger partial charge is 0.230 e. The Kier molecular flexibility index (Phi) is 4.22. The molecule has 4 aromatic rings. The largest absolute Gasteiger partial charge is 0.361 e. The van der Waals surface area contributed by atoms with Gasteiger partial charge in [-0.25, -0.2) is 4.68 Å².